The molecule has 0 saturated carbocycles. The SMILES string of the molecule is CC(=O)OC(=O)c1ccc2c(c1)C(c1ccc3ccccc3c1)CCC2(C)C. The van der Waals surface area contributed by atoms with Crippen LogP contribution in [0.2, 0.25) is 0 Å². The van der Waals surface area contributed by atoms with E-state index >= 15 is 0 Å². The first-order valence-corrected chi connectivity index (χ1v) is 9.71. The monoisotopic (exact) mass is 372 g/mol. The van der Waals surface area contributed by atoms with Crippen molar-refractivity contribution in [2.45, 2.75) is 44.9 Å². The van der Waals surface area contributed by atoms with Crippen molar-refractivity contribution in [2.75, 3.05) is 0 Å². The van der Waals surface area contributed by atoms with E-state index in [9.17, 15) is 9.59 Å². The Morgan fingerprint density at radius 3 is 2.46 bits per heavy atom. The number of ether oxygens (including phenoxy) is 1. The molecule has 3 aromatic carbocycles. The fourth-order valence-corrected chi connectivity index (χ4v) is 4.35. The normalized spacial score (nSPS) is 17.8. The van der Waals surface area contributed by atoms with E-state index in [1.165, 1.54) is 28.8 Å². The lowest BCUT2D eigenvalue weighted by atomic mass is 9.67. The smallest absolute Gasteiger partial charge is 0.345 e. The number of hydrogen-bond donors (Lipinski definition) is 0. The molecule has 3 nitrogen and oxygen atoms in total. The van der Waals surface area contributed by atoms with E-state index in [0.717, 1.165) is 18.4 Å². The Kier molecular flexibility index (Phi) is 4.54. The van der Waals surface area contributed by atoms with E-state index in [-0.39, 0.29) is 11.3 Å². The highest BCUT2D eigenvalue weighted by molar-refractivity contribution is 5.96. The first-order valence-electron chi connectivity index (χ1n) is 9.71. The number of esters is 2. The summed E-state index contributed by atoms with van der Waals surface area (Å²) >= 11 is 0. The van der Waals surface area contributed by atoms with E-state index in [4.69, 9.17) is 4.74 Å². The second kappa shape index (κ2) is 6.90. The van der Waals surface area contributed by atoms with Crippen LogP contribution in [0.25, 0.3) is 10.8 Å². The van der Waals surface area contributed by atoms with E-state index < -0.39 is 11.9 Å². The molecule has 1 unspecified atom stereocenters. The Morgan fingerprint density at radius 2 is 1.71 bits per heavy atom. The predicted octanol–water partition coefficient (Wildman–Crippen LogP) is 5.75. The van der Waals surface area contributed by atoms with E-state index in [1.54, 1.807) is 6.07 Å². The van der Waals surface area contributed by atoms with Crippen LogP contribution in [0, 0.1) is 0 Å². The number of rotatable bonds is 2. The quantitative estimate of drug-likeness (QED) is 0.425. The number of fused-ring (bicyclic) bond motifs is 2. The van der Waals surface area contributed by atoms with Crippen LogP contribution in [0.5, 0.6) is 0 Å². The molecule has 0 aromatic heterocycles. The molecule has 0 aliphatic heterocycles. The highest BCUT2D eigenvalue weighted by Crippen LogP contribution is 2.46. The van der Waals surface area contributed by atoms with Gasteiger partial charge in [-0.1, -0.05) is 62.4 Å². The molecule has 0 heterocycles. The number of hydrogen-bond acceptors (Lipinski definition) is 3. The zero-order valence-electron chi connectivity index (χ0n) is 16.5. The highest BCUT2D eigenvalue weighted by Gasteiger charge is 2.34. The van der Waals surface area contributed by atoms with Crippen LogP contribution in [-0.4, -0.2) is 11.9 Å². The molecule has 4 rings (SSSR count). The average Bonchev–Trinajstić information content (AvgIpc) is 2.67. The van der Waals surface area contributed by atoms with Gasteiger partial charge in [0, 0.05) is 12.8 Å². The van der Waals surface area contributed by atoms with Gasteiger partial charge in [0.05, 0.1) is 5.56 Å². The minimum absolute atomic E-state index is 0.0473. The van der Waals surface area contributed by atoms with Gasteiger partial charge in [0.15, 0.2) is 0 Å². The first kappa shape index (κ1) is 18.4. The zero-order valence-corrected chi connectivity index (χ0v) is 16.5. The molecule has 1 aliphatic carbocycles. The number of benzene rings is 3. The Balaban J connectivity index is 1.81. The molecule has 0 radical (unpaired) electrons. The molecule has 142 valence electrons. The Labute approximate surface area is 165 Å². The molecule has 1 aliphatic rings. The van der Waals surface area contributed by atoms with E-state index in [1.807, 2.05) is 18.2 Å². The van der Waals surface area contributed by atoms with Crippen molar-refractivity contribution < 1.29 is 14.3 Å². The second-order valence-electron chi connectivity index (χ2n) is 8.26. The molecular weight excluding hydrogens is 348 g/mol. The molecule has 0 amide bonds. The van der Waals surface area contributed by atoms with Crippen molar-refractivity contribution in [3.63, 3.8) is 0 Å². The van der Waals surface area contributed by atoms with Crippen molar-refractivity contribution in [1.29, 1.82) is 0 Å². The summed E-state index contributed by atoms with van der Waals surface area (Å²) in [4.78, 5) is 23.5. The van der Waals surface area contributed by atoms with Crippen LogP contribution in [-0.2, 0) is 14.9 Å². The molecule has 0 saturated heterocycles. The van der Waals surface area contributed by atoms with Gasteiger partial charge in [0.25, 0.3) is 0 Å². The summed E-state index contributed by atoms with van der Waals surface area (Å²) in [5, 5.41) is 2.44. The maximum atomic E-state index is 12.3. The second-order valence-corrected chi connectivity index (χ2v) is 8.26. The average molecular weight is 372 g/mol. The first-order chi connectivity index (χ1) is 13.3. The molecular formula is C25H24O3. The van der Waals surface area contributed by atoms with Gasteiger partial charge in [-0.15, -0.1) is 0 Å². The highest BCUT2D eigenvalue weighted by atomic mass is 16.6. The van der Waals surface area contributed by atoms with Crippen LogP contribution >= 0.6 is 0 Å². The minimum atomic E-state index is -0.589. The van der Waals surface area contributed by atoms with Gasteiger partial charge in [-0.2, -0.15) is 0 Å². The largest absolute Gasteiger partial charge is 0.390 e. The molecule has 3 heteroatoms. The van der Waals surface area contributed by atoms with Gasteiger partial charge in [0.2, 0.25) is 0 Å². The van der Waals surface area contributed by atoms with Crippen molar-refractivity contribution in [3.8, 4) is 0 Å². The van der Waals surface area contributed by atoms with Gasteiger partial charge in [0.1, 0.15) is 0 Å². The van der Waals surface area contributed by atoms with E-state index in [2.05, 4.69) is 50.2 Å². The molecule has 0 spiro atoms. The number of carbonyl (C=O) groups is 2. The van der Waals surface area contributed by atoms with Gasteiger partial charge in [-0.05, 0) is 57.9 Å². The Bertz CT molecular complexity index is 1080. The lowest BCUT2D eigenvalue weighted by Gasteiger charge is -2.37. The van der Waals surface area contributed by atoms with Gasteiger partial charge >= 0.3 is 11.9 Å². The van der Waals surface area contributed by atoms with Crippen LogP contribution in [0.3, 0.4) is 0 Å². The molecule has 3 aromatic rings. The van der Waals surface area contributed by atoms with Crippen LogP contribution in [0.15, 0.2) is 60.7 Å². The third kappa shape index (κ3) is 3.33. The van der Waals surface area contributed by atoms with Crippen molar-refractivity contribution in [3.05, 3.63) is 82.9 Å². The summed E-state index contributed by atoms with van der Waals surface area (Å²) in [5.41, 5.74) is 4.15. The Hall–Kier alpha value is -2.94. The van der Waals surface area contributed by atoms with Crippen LogP contribution in [0.1, 0.15) is 66.6 Å². The standard InChI is InChI=1S/C25H24O3/c1-16(26)28-24(27)20-10-11-23-22(15-20)21(12-13-25(23,2)3)19-9-8-17-6-4-5-7-18(17)14-19/h4-11,14-15,21H,12-13H2,1-3H3. The molecule has 1 atom stereocenters. The molecule has 0 bridgehead atoms. The third-order valence-electron chi connectivity index (χ3n) is 5.86. The van der Waals surface area contributed by atoms with Gasteiger partial charge in [-0.3, -0.25) is 4.79 Å². The van der Waals surface area contributed by atoms with Crippen molar-refractivity contribution >= 4 is 22.7 Å². The van der Waals surface area contributed by atoms with Gasteiger partial charge in [-0.25, -0.2) is 4.79 Å². The topological polar surface area (TPSA) is 43.4 Å². The summed E-state index contributed by atoms with van der Waals surface area (Å²) in [6, 6.07) is 20.7. The van der Waals surface area contributed by atoms with Crippen molar-refractivity contribution in [1.82, 2.24) is 0 Å². The molecule has 0 N–H and O–H groups in total. The van der Waals surface area contributed by atoms with E-state index in [0.29, 0.717) is 5.56 Å². The maximum absolute atomic E-state index is 12.3. The minimum Gasteiger partial charge on any atom is -0.390 e. The van der Waals surface area contributed by atoms with Crippen LogP contribution in [0.4, 0.5) is 0 Å². The predicted molar refractivity (Wildman–Crippen MR) is 111 cm³/mol. The fraction of sp³-hybridized carbons (Fsp3) is 0.280. The summed E-state index contributed by atoms with van der Waals surface area (Å²) in [6.45, 7) is 5.74. The summed E-state index contributed by atoms with van der Waals surface area (Å²) in [6.07, 6.45) is 2.10. The fourth-order valence-electron chi connectivity index (χ4n) is 4.35. The maximum Gasteiger partial charge on any atom is 0.345 e. The zero-order chi connectivity index (χ0) is 19.9. The lowest BCUT2D eigenvalue weighted by molar-refractivity contribution is -0.135. The summed E-state index contributed by atoms with van der Waals surface area (Å²) < 4.78 is 4.80. The third-order valence-corrected chi connectivity index (χ3v) is 5.86. The van der Waals surface area contributed by atoms with Crippen molar-refractivity contribution in [2.24, 2.45) is 0 Å². The van der Waals surface area contributed by atoms with Crippen LogP contribution < -0.4 is 0 Å². The summed E-state index contributed by atoms with van der Waals surface area (Å²) in [7, 11) is 0. The molecule has 0 fully saturated rings. The lowest BCUT2D eigenvalue weighted by Crippen LogP contribution is -2.27. The molecule has 28 heavy (non-hydrogen) atoms. The number of carbonyl (C=O) groups excluding carboxylic acids is 2. The van der Waals surface area contributed by atoms with Gasteiger partial charge < -0.3 is 4.74 Å². The Morgan fingerprint density at radius 1 is 0.964 bits per heavy atom. The summed E-state index contributed by atoms with van der Waals surface area (Å²) in [5.74, 6) is -0.956.